The van der Waals surface area contributed by atoms with E-state index in [4.69, 9.17) is 43.9 Å². The minimum absolute atomic E-state index is 0.191. The van der Waals surface area contributed by atoms with Crippen LogP contribution < -0.4 is 36.6 Å². The Morgan fingerprint density at radius 3 is 1.63 bits per heavy atom. The molecule has 0 aromatic heterocycles. The van der Waals surface area contributed by atoms with E-state index < -0.39 is 12.2 Å². The lowest BCUT2D eigenvalue weighted by Crippen LogP contribution is -2.31. The van der Waals surface area contributed by atoms with Crippen molar-refractivity contribution in [1.29, 1.82) is 5.26 Å². The van der Waals surface area contributed by atoms with Crippen LogP contribution >= 0.6 is 24.4 Å². The van der Waals surface area contributed by atoms with Gasteiger partial charge in [-0.05, 0) is 161 Å². The smallest absolute Gasteiger partial charge is 0.411 e. The average Bonchev–Trinajstić information content (AvgIpc) is 3.77. The molecule has 6 N–H and O–H groups in total. The number of hydrogen-bond acceptors (Lipinski definition) is 10. The molecule has 302 valence electrons. The summed E-state index contributed by atoms with van der Waals surface area (Å²) in [5, 5.41) is 27.7. The van der Waals surface area contributed by atoms with Gasteiger partial charge < -0.3 is 35.5 Å². The lowest BCUT2D eigenvalue weighted by Gasteiger charge is -2.14. The monoisotopic (exact) mass is 838 g/mol. The van der Waals surface area contributed by atoms with Crippen molar-refractivity contribution in [3.63, 3.8) is 0 Å². The summed E-state index contributed by atoms with van der Waals surface area (Å²) in [6.45, 7) is 1.35. The highest BCUT2D eigenvalue weighted by Crippen LogP contribution is 2.40. The van der Waals surface area contributed by atoms with Crippen LogP contribution in [0.25, 0.3) is 22.3 Å². The molecule has 0 atom stereocenters. The van der Waals surface area contributed by atoms with Gasteiger partial charge in [0.2, 0.25) is 6.08 Å². The number of isocyanates is 1. The molecule has 7 rings (SSSR count). The summed E-state index contributed by atoms with van der Waals surface area (Å²) >= 11 is 10.9. The SMILES string of the molecule is N#COc1ccc2c(c1)Cc1cc(NC(=O)OCCCNC(=S)Nc3cccc(NC(=S)NCCCOC(=O)Nc4ccc5c(c4)Cc4cc(N=C=O)ccc4-5)c3)ccc1-2. The molecule has 5 aromatic carbocycles. The van der Waals surface area contributed by atoms with Gasteiger partial charge in [-0.3, -0.25) is 10.6 Å². The number of benzene rings is 5. The van der Waals surface area contributed by atoms with E-state index in [0.29, 0.717) is 71.8 Å². The second-order valence-electron chi connectivity index (χ2n) is 13.7. The van der Waals surface area contributed by atoms with Crippen LogP contribution in [0.15, 0.2) is 102 Å². The molecule has 16 heteroatoms. The Morgan fingerprint density at radius 2 is 1.10 bits per heavy atom. The van der Waals surface area contributed by atoms with Crippen LogP contribution in [0, 0.1) is 11.5 Å². The van der Waals surface area contributed by atoms with Gasteiger partial charge in [-0.2, -0.15) is 4.99 Å². The number of nitriles is 1. The number of nitrogens with zero attached hydrogens (tertiary/aromatic N) is 2. The molecule has 2 amide bonds. The van der Waals surface area contributed by atoms with E-state index in [1.165, 1.54) is 0 Å². The zero-order valence-corrected chi connectivity index (χ0v) is 33.7. The highest BCUT2D eigenvalue weighted by atomic mass is 32.1. The number of aliphatic imine (C=N–C) groups is 1. The normalized spacial score (nSPS) is 11.2. The summed E-state index contributed by atoms with van der Waals surface area (Å²) in [5.41, 5.74) is 11.9. The summed E-state index contributed by atoms with van der Waals surface area (Å²) < 4.78 is 15.7. The maximum atomic E-state index is 12.4. The van der Waals surface area contributed by atoms with Gasteiger partial charge in [0, 0.05) is 35.8 Å². The fourth-order valence-electron chi connectivity index (χ4n) is 6.99. The summed E-state index contributed by atoms with van der Waals surface area (Å²) in [6, 6.07) is 30.0. The summed E-state index contributed by atoms with van der Waals surface area (Å²) in [6.07, 6.45) is 4.58. The predicted octanol–water partition coefficient (Wildman–Crippen LogP) is 8.51. The van der Waals surface area contributed by atoms with E-state index in [1.54, 1.807) is 24.5 Å². The first-order valence-electron chi connectivity index (χ1n) is 19.0. The molecular weight excluding hydrogens is 801 g/mol. The van der Waals surface area contributed by atoms with Gasteiger partial charge in [-0.25, -0.2) is 14.4 Å². The third-order valence-corrected chi connectivity index (χ3v) is 10.1. The molecular formula is C44H38N8O6S2. The molecule has 0 radical (unpaired) electrons. The van der Waals surface area contributed by atoms with Gasteiger partial charge in [0.15, 0.2) is 10.2 Å². The Bertz CT molecular complexity index is 2570. The number of amides is 2. The van der Waals surface area contributed by atoms with Gasteiger partial charge in [0.05, 0.1) is 18.9 Å². The first kappa shape index (κ1) is 40.9. The molecule has 14 nitrogen and oxygen atoms in total. The van der Waals surface area contributed by atoms with E-state index in [1.807, 2.05) is 84.9 Å². The maximum Gasteiger partial charge on any atom is 0.411 e. The minimum atomic E-state index is -0.550. The topological polar surface area (TPSA) is 187 Å². The van der Waals surface area contributed by atoms with Crippen molar-refractivity contribution in [3.8, 4) is 34.3 Å². The number of nitrogens with one attached hydrogen (secondary N) is 6. The molecule has 0 heterocycles. The number of anilines is 4. The van der Waals surface area contributed by atoms with Gasteiger partial charge in [-0.1, -0.05) is 30.3 Å². The fourth-order valence-corrected chi connectivity index (χ4v) is 7.43. The quantitative estimate of drug-likeness (QED) is 0.0201. The third kappa shape index (κ3) is 10.6. The zero-order chi connectivity index (χ0) is 41.8. The summed E-state index contributed by atoms with van der Waals surface area (Å²) in [4.78, 5) is 39.2. The molecule has 0 fully saturated rings. The predicted molar refractivity (Wildman–Crippen MR) is 237 cm³/mol. The lowest BCUT2D eigenvalue weighted by molar-refractivity contribution is 0.159. The van der Waals surface area contributed by atoms with Crippen molar-refractivity contribution in [1.82, 2.24) is 10.6 Å². The Hall–Kier alpha value is -7.31. The van der Waals surface area contributed by atoms with Crippen LogP contribution in [-0.4, -0.2) is 54.8 Å². The third-order valence-electron chi connectivity index (χ3n) is 9.61. The van der Waals surface area contributed by atoms with Gasteiger partial charge in [0.25, 0.3) is 6.26 Å². The van der Waals surface area contributed by atoms with Gasteiger partial charge in [0.1, 0.15) is 5.75 Å². The van der Waals surface area contributed by atoms with Crippen LogP contribution in [-0.2, 0) is 27.1 Å². The molecule has 0 unspecified atom stereocenters. The number of carbonyl (C=O) groups excluding carboxylic acids is 3. The van der Waals surface area contributed by atoms with Crippen molar-refractivity contribution in [2.45, 2.75) is 25.7 Å². The molecule has 2 aliphatic rings. The van der Waals surface area contributed by atoms with E-state index in [2.05, 4.69) is 36.9 Å². The van der Waals surface area contributed by atoms with Crippen LogP contribution in [0.4, 0.5) is 38.0 Å². The Labute approximate surface area is 356 Å². The van der Waals surface area contributed by atoms with Gasteiger partial charge >= 0.3 is 12.2 Å². The van der Waals surface area contributed by atoms with Crippen molar-refractivity contribution in [2.24, 2.45) is 4.99 Å². The van der Waals surface area contributed by atoms with E-state index in [-0.39, 0.29) is 13.2 Å². The number of ether oxygens (including phenoxy) is 3. The van der Waals surface area contributed by atoms with Crippen molar-refractivity contribution < 1.29 is 28.6 Å². The lowest BCUT2D eigenvalue weighted by atomic mass is 10.1. The van der Waals surface area contributed by atoms with Crippen molar-refractivity contribution in [2.75, 3.05) is 47.6 Å². The molecule has 2 aliphatic carbocycles. The first-order chi connectivity index (χ1) is 29.2. The largest absolute Gasteiger partial charge is 0.449 e. The standard InChI is InChI=1S/C44H38N8O6S2/c45-25-58-36-9-13-40-30(23-36)19-29-22-35(8-12-39(29)40)52-44(55)57-17-3-15-47-42(60)50-33-5-1-4-32(24-33)49-41(59)46-14-2-16-56-43(54)51-34-7-11-38-28(21-34)18-27-20-31(48-26-53)6-10-37(27)38/h1,4-13,20-24H,2-3,14-19H2,(H,51,54)(H,52,55)(H2,46,49,59)(H2,47,50,60). The molecule has 5 aromatic rings. The van der Waals surface area contributed by atoms with Crippen LogP contribution in [0.3, 0.4) is 0 Å². The van der Waals surface area contributed by atoms with Crippen molar-refractivity contribution in [3.05, 3.63) is 119 Å². The van der Waals surface area contributed by atoms with E-state index in [0.717, 1.165) is 55.9 Å². The van der Waals surface area contributed by atoms with Crippen LogP contribution in [0.5, 0.6) is 5.75 Å². The molecule has 0 bridgehead atoms. The van der Waals surface area contributed by atoms with Crippen LogP contribution in [0.2, 0.25) is 0 Å². The molecule has 60 heavy (non-hydrogen) atoms. The second kappa shape index (κ2) is 19.4. The Balaban J connectivity index is 0.740. The minimum Gasteiger partial charge on any atom is -0.449 e. The second-order valence-corrected chi connectivity index (χ2v) is 14.5. The van der Waals surface area contributed by atoms with Crippen molar-refractivity contribution >= 4 is 81.4 Å². The average molecular weight is 839 g/mol. The molecule has 0 aliphatic heterocycles. The van der Waals surface area contributed by atoms with Crippen LogP contribution in [0.1, 0.15) is 35.1 Å². The molecule has 0 saturated carbocycles. The highest BCUT2D eigenvalue weighted by molar-refractivity contribution is 7.80. The number of carbonyl (C=O) groups is 2. The summed E-state index contributed by atoms with van der Waals surface area (Å²) in [7, 11) is 0. The first-order valence-corrected chi connectivity index (χ1v) is 19.8. The van der Waals surface area contributed by atoms with E-state index in [9.17, 15) is 14.4 Å². The highest BCUT2D eigenvalue weighted by Gasteiger charge is 2.21. The number of fused-ring (bicyclic) bond motifs is 6. The molecule has 0 saturated heterocycles. The zero-order valence-electron chi connectivity index (χ0n) is 32.1. The Morgan fingerprint density at radius 1 is 0.617 bits per heavy atom. The molecule has 0 spiro atoms. The summed E-state index contributed by atoms with van der Waals surface area (Å²) in [5.74, 6) is 0.501. The maximum absolute atomic E-state index is 12.4. The van der Waals surface area contributed by atoms with Gasteiger partial charge in [-0.15, -0.1) is 5.26 Å². The number of rotatable bonds is 14. The number of hydrogen-bond donors (Lipinski definition) is 6. The number of thiocarbonyl (C=S) groups is 2. The fraction of sp³-hybridized carbons (Fsp3) is 0.182. The van der Waals surface area contributed by atoms with E-state index >= 15 is 0 Å². The Kier molecular flexibility index (Phi) is 13.2.